The topological polar surface area (TPSA) is 6.48 Å². The van der Waals surface area contributed by atoms with Crippen LogP contribution >= 0.6 is 0 Å². The normalized spacial score (nSPS) is 12.4. The second-order valence-corrected chi connectivity index (χ2v) is 11.4. The van der Waals surface area contributed by atoms with E-state index in [1.165, 1.54) is 10.8 Å². The van der Waals surface area contributed by atoms with E-state index >= 15 is 0 Å². The number of fused-ring (bicyclic) bond motifs is 1. The molecule has 0 saturated heterocycles. The molecule has 2 heteroatoms. The van der Waals surface area contributed by atoms with Gasteiger partial charge in [0.1, 0.15) is 0 Å². The lowest BCUT2D eigenvalue weighted by Crippen LogP contribution is -2.17. The molecule has 1 aliphatic rings. The minimum absolute atomic E-state index is 1.02. The fourth-order valence-corrected chi connectivity index (χ4v) is 6.39. The molecule has 2 nitrogen and oxygen atoms in total. The quantitative estimate of drug-likeness (QED) is 0.165. The van der Waals surface area contributed by atoms with E-state index < -0.39 is 0 Å². The molecule has 0 spiro atoms. The first-order valence-corrected chi connectivity index (χ1v) is 15.8. The Morgan fingerprint density at radius 1 is 0.522 bits per heavy atom. The summed E-state index contributed by atoms with van der Waals surface area (Å²) >= 11 is 0. The Bertz CT molecular complexity index is 2080. The molecule has 46 heavy (non-hydrogen) atoms. The highest BCUT2D eigenvalue weighted by Gasteiger charge is 2.19. The van der Waals surface area contributed by atoms with Crippen molar-refractivity contribution in [3.05, 3.63) is 188 Å². The maximum atomic E-state index is 4.15. The van der Waals surface area contributed by atoms with E-state index in [9.17, 15) is 0 Å². The summed E-state index contributed by atoms with van der Waals surface area (Å²) in [5, 5.41) is 2.44. The van der Waals surface area contributed by atoms with Gasteiger partial charge in [-0.2, -0.15) is 0 Å². The Hall–Kier alpha value is -5.86. The number of hydrogen-bond donors (Lipinski definition) is 0. The van der Waals surface area contributed by atoms with Crippen LogP contribution in [0.3, 0.4) is 0 Å². The molecule has 6 aromatic rings. The molecule has 0 bridgehead atoms. The molecular weight excluding hydrogens is 556 g/mol. The maximum Gasteiger partial charge on any atom is 0.0540 e. The van der Waals surface area contributed by atoms with Crippen LogP contribution in [0.1, 0.15) is 24.0 Å². The van der Waals surface area contributed by atoms with Gasteiger partial charge in [0.2, 0.25) is 0 Å². The van der Waals surface area contributed by atoms with Crippen molar-refractivity contribution in [2.75, 3.05) is 9.80 Å². The molecule has 0 fully saturated rings. The summed E-state index contributed by atoms with van der Waals surface area (Å²) in [6.07, 6.45) is 12.7. The fourth-order valence-electron chi connectivity index (χ4n) is 6.39. The largest absolute Gasteiger partial charge is 0.310 e. The molecule has 0 atom stereocenters. The zero-order chi connectivity index (χ0) is 31.3. The average Bonchev–Trinajstić information content (AvgIpc) is 3.13. The minimum atomic E-state index is 1.02. The van der Waals surface area contributed by atoms with Crippen molar-refractivity contribution < 1.29 is 0 Å². The highest BCUT2D eigenvalue weighted by atomic mass is 15.2. The number of nitrogens with zero attached hydrogens (tertiary/aromatic N) is 2. The minimum Gasteiger partial charge on any atom is -0.310 e. The lowest BCUT2D eigenvalue weighted by molar-refractivity contribution is 0.997. The molecule has 0 aromatic heterocycles. The van der Waals surface area contributed by atoms with Gasteiger partial charge in [0.05, 0.1) is 11.4 Å². The van der Waals surface area contributed by atoms with Crippen LogP contribution in [0.5, 0.6) is 0 Å². The van der Waals surface area contributed by atoms with E-state index in [1.807, 2.05) is 12.2 Å². The van der Waals surface area contributed by atoms with Crippen LogP contribution in [0, 0.1) is 0 Å². The first-order chi connectivity index (χ1) is 22.7. The third-order valence-corrected chi connectivity index (χ3v) is 8.60. The predicted molar refractivity (Wildman–Crippen MR) is 199 cm³/mol. The summed E-state index contributed by atoms with van der Waals surface area (Å²) in [7, 11) is 0. The van der Waals surface area contributed by atoms with Crippen molar-refractivity contribution in [2.24, 2.45) is 0 Å². The van der Waals surface area contributed by atoms with E-state index in [-0.39, 0.29) is 0 Å². The second-order valence-electron chi connectivity index (χ2n) is 11.4. The van der Waals surface area contributed by atoms with Gasteiger partial charge in [0, 0.05) is 33.7 Å². The van der Waals surface area contributed by atoms with E-state index in [4.69, 9.17) is 0 Å². The van der Waals surface area contributed by atoms with Gasteiger partial charge in [0.15, 0.2) is 0 Å². The van der Waals surface area contributed by atoms with Gasteiger partial charge in [-0.3, -0.25) is 0 Å². The second kappa shape index (κ2) is 13.0. The van der Waals surface area contributed by atoms with Crippen molar-refractivity contribution in [3.63, 3.8) is 0 Å². The third-order valence-electron chi connectivity index (χ3n) is 8.60. The Morgan fingerprint density at radius 2 is 1.22 bits per heavy atom. The number of para-hydroxylation sites is 1. The Labute approximate surface area is 272 Å². The zero-order valence-electron chi connectivity index (χ0n) is 25.9. The molecule has 6 aromatic carbocycles. The van der Waals surface area contributed by atoms with E-state index in [1.54, 1.807) is 0 Å². The van der Waals surface area contributed by atoms with Gasteiger partial charge in [-0.1, -0.05) is 128 Å². The number of benzene rings is 6. The summed E-state index contributed by atoms with van der Waals surface area (Å²) in [5.74, 6) is 0. The van der Waals surface area contributed by atoms with E-state index in [0.29, 0.717) is 0 Å². The number of hydrogen-bond acceptors (Lipinski definition) is 2. The lowest BCUT2D eigenvalue weighted by atomic mass is 10.00. The summed E-state index contributed by atoms with van der Waals surface area (Å²) in [6.45, 7) is 8.21. The Kier molecular flexibility index (Phi) is 8.17. The van der Waals surface area contributed by atoms with Crippen molar-refractivity contribution in [3.8, 4) is 11.1 Å². The first-order valence-electron chi connectivity index (χ1n) is 15.8. The molecule has 0 heterocycles. The molecule has 0 unspecified atom stereocenters. The Balaban J connectivity index is 1.30. The number of rotatable bonds is 9. The van der Waals surface area contributed by atoms with E-state index in [2.05, 4.69) is 181 Å². The van der Waals surface area contributed by atoms with Crippen molar-refractivity contribution in [2.45, 2.75) is 12.8 Å². The van der Waals surface area contributed by atoms with Crippen LogP contribution in [0.25, 0.3) is 34.1 Å². The van der Waals surface area contributed by atoms with Crippen LogP contribution in [0.2, 0.25) is 0 Å². The molecule has 0 aliphatic heterocycles. The monoisotopic (exact) mass is 592 g/mol. The SMILES string of the molecule is C=Cc1cccc(N(C2=CCCC=C2)c2cccc(-c3ccc(N(c4ccccc4)c4cccc5ccccc45)cc3)c2)c1C=C. The van der Waals surface area contributed by atoms with Gasteiger partial charge < -0.3 is 9.80 Å². The van der Waals surface area contributed by atoms with Crippen molar-refractivity contribution in [1.29, 1.82) is 0 Å². The highest BCUT2D eigenvalue weighted by molar-refractivity contribution is 5.99. The lowest BCUT2D eigenvalue weighted by Gasteiger charge is -2.30. The van der Waals surface area contributed by atoms with Crippen LogP contribution in [0.4, 0.5) is 28.4 Å². The number of allylic oxidation sites excluding steroid dienone is 3. The predicted octanol–water partition coefficient (Wildman–Crippen LogP) is 12.6. The van der Waals surface area contributed by atoms with Gasteiger partial charge in [-0.25, -0.2) is 0 Å². The van der Waals surface area contributed by atoms with Crippen molar-refractivity contribution in [1.82, 2.24) is 0 Å². The summed E-state index contributed by atoms with van der Waals surface area (Å²) in [6, 6.07) is 49.8. The van der Waals surface area contributed by atoms with Crippen LogP contribution in [-0.4, -0.2) is 0 Å². The van der Waals surface area contributed by atoms with Gasteiger partial charge in [-0.15, -0.1) is 0 Å². The molecule has 0 amide bonds. The fraction of sp³-hybridized carbons (Fsp3) is 0.0455. The number of anilines is 5. The Morgan fingerprint density at radius 3 is 2.00 bits per heavy atom. The van der Waals surface area contributed by atoms with Gasteiger partial charge >= 0.3 is 0 Å². The standard InChI is InChI=1S/C44H36N2/c1-3-33-17-14-26-43(41(33)4-2)46(38-22-9-6-10-23-38)40-24-13-19-36(32-40)34-28-30-39(31-29-34)45(37-20-7-5-8-21-37)44-27-15-18-35-16-11-12-25-42(35)44/h3-5,7-9,11-32H,1-2,6,10H2. The highest BCUT2D eigenvalue weighted by Crippen LogP contribution is 2.41. The molecule has 222 valence electrons. The molecule has 0 saturated carbocycles. The zero-order valence-corrected chi connectivity index (χ0v) is 25.9. The molecule has 0 N–H and O–H groups in total. The molecule has 1 aliphatic carbocycles. The van der Waals surface area contributed by atoms with Gasteiger partial charge in [-0.05, 0) is 89.5 Å². The molecule has 0 radical (unpaired) electrons. The summed E-state index contributed by atoms with van der Waals surface area (Å²) in [4.78, 5) is 4.69. The molecule has 7 rings (SSSR count). The summed E-state index contributed by atoms with van der Waals surface area (Å²) in [5.41, 5.74) is 11.2. The maximum absolute atomic E-state index is 4.15. The first kappa shape index (κ1) is 28.9. The van der Waals surface area contributed by atoms with Crippen LogP contribution in [-0.2, 0) is 0 Å². The average molecular weight is 593 g/mol. The van der Waals surface area contributed by atoms with Crippen LogP contribution < -0.4 is 9.80 Å². The smallest absolute Gasteiger partial charge is 0.0540 e. The summed E-state index contributed by atoms with van der Waals surface area (Å²) < 4.78 is 0. The van der Waals surface area contributed by atoms with Crippen molar-refractivity contribution >= 4 is 51.4 Å². The van der Waals surface area contributed by atoms with Gasteiger partial charge in [0.25, 0.3) is 0 Å². The third kappa shape index (κ3) is 5.58. The van der Waals surface area contributed by atoms with E-state index in [0.717, 1.165) is 69.2 Å². The molecular formula is C44H36N2. The van der Waals surface area contributed by atoms with Crippen LogP contribution in [0.15, 0.2) is 177 Å².